The van der Waals surface area contributed by atoms with Gasteiger partial charge in [0.25, 0.3) is 10.0 Å². The fourth-order valence-corrected chi connectivity index (χ4v) is 3.88. The molecule has 3 aromatic carbocycles. The summed E-state index contributed by atoms with van der Waals surface area (Å²) in [7, 11) is -2.72. The Morgan fingerprint density at radius 3 is 2.21 bits per heavy atom. The van der Waals surface area contributed by atoms with Crippen molar-refractivity contribution in [3.63, 3.8) is 0 Å². The molecule has 1 N–H and O–H groups in total. The molecule has 3 rings (SSSR count). The molecule has 0 spiro atoms. The van der Waals surface area contributed by atoms with E-state index in [0.717, 1.165) is 4.47 Å². The van der Waals surface area contributed by atoms with Crippen LogP contribution in [0.1, 0.15) is 10.4 Å². The fourth-order valence-electron chi connectivity index (χ4n) is 2.43. The first kappa shape index (κ1) is 20.5. The van der Waals surface area contributed by atoms with E-state index < -0.39 is 16.0 Å². The lowest BCUT2D eigenvalue weighted by Crippen LogP contribution is -2.34. The number of carboxylic acid groups (broad SMARTS) is 1. The monoisotopic (exact) mass is 433 g/mol. The second-order valence-corrected chi connectivity index (χ2v) is 7.95. The minimum atomic E-state index is -4.20. The Kier molecular flexibility index (Phi) is 5.95. The van der Waals surface area contributed by atoms with Crippen molar-refractivity contribution in [2.45, 2.75) is 4.90 Å². The van der Waals surface area contributed by atoms with Crippen LogP contribution in [0.3, 0.4) is 0 Å². The first-order valence-corrected chi connectivity index (χ1v) is 10.1. The average molecular weight is 434 g/mol. The molecule has 0 bridgehead atoms. The van der Waals surface area contributed by atoms with Crippen LogP contribution in [0.4, 0.5) is 5.69 Å². The number of halogens is 1. The van der Waals surface area contributed by atoms with Crippen LogP contribution in [-0.2, 0) is 10.0 Å². The normalized spacial score (nSPS) is 11.0. The van der Waals surface area contributed by atoms with Crippen molar-refractivity contribution in [2.24, 2.45) is 0 Å². The summed E-state index contributed by atoms with van der Waals surface area (Å²) in [6, 6.07) is 17.5. The van der Waals surface area contributed by atoms with Crippen LogP contribution >= 0.6 is 11.6 Å². The van der Waals surface area contributed by atoms with Crippen LogP contribution < -0.4 is 14.0 Å². The highest BCUT2D eigenvalue weighted by molar-refractivity contribution is 7.92. The smallest absolute Gasteiger partial charge is 0.335 e. The zero-order chi connectivity index (χ0) is 21.0. The van der Waals surface area contributed by atoms with Crippen molar-refractivity contribution in [3.05, 3.63) is 83.4 Å². The highest BCUT2D eigenvalue weighted by Crippen LogP contribution is 2.32. The van der Waals surface area contributed by atoms with Crippen molar-refractivity contribution in [3.8, 4) is 11.5 Å². The van der Waals surface area contributed by atoms with Gasteiger partial charge in [-0.2, -0.15) is 8.42 Å². The van der Waals surface area contributed by atoms with E-state index in [1.165, 1.54) is 43.5 Å². The van der Waals surface area contributed by atoms with Gasteiger partial charge in [0.05, 0.1) is 28.3 Å². The number of hydrogen-bond acceptors (Lipinski definition) is 5. The maximum Gasteiger partial charge on any atom is 0.335 e. The van der Waals surface area contributed by atoms with E-state index in [0.29, 0.717) is 5.75 Å². The van der Waals surface area contributed by atoms with Crippen LogP contribution in [0.5, 0.6) is 11.5 Å². The summed E-state index contributed by atoms with van der Waals surface area (Å²) in [5.74, 6) is -0.571. The molecule has 3 aromatic rings. The van der Waals surface area contributed by atoms with Crippen LogP contribution in [-0.4, -0.2) is 26.6 Å². The first-order chi connectivity index (χ1) is 13.8. The van der Waals surface area contributed by atoms with Gasteiger partial charge in [-0.3, -0.25) is 0 Å². The third-order valence-electron chi connectivity index (χ3n) is 3.90. The van der Waals surface area contributed by atoms with Gasteiger partial charge in [-0.25, -0.2) is 4.79 Å². The second kappa shape index (κ2) is 8.42. The van der Waals surface area contributed by atoms with Gasteiger partial charge in [-0.05, 0) is 48.5 Å². The van der Waals surface area contributed by atoms with Gasteiger partial charge in [-0.1, -0.05) is 34.3 Å². The molecule has 0 amide bonds. The van der Waals surface area contributed by atoms with E-state index in [9.17, 15) is 13.2 Å². The molecule has 9 heteroatoms. The van der Waals surface area contributed by atoms with Crippen LogP contribution in [0.2, 0.25) is 5.02 Å². The maximum absolute atomic E-state index is 13.2. The molecule has 0 atom stereocenters. The SMILES string of the molecule is COc1ccc(ON(c2ccccc2)S(=O)(=O)c2ccc(C(=O)O)cc2)c(Cl)c1. The molecule has 0 aliphatic carbocycles. The average Bonchev–Trinajstić information content (AvgIpc) is 2.73. The molecule has 0 aliphatic heterocycles. The van der Waals surface area contributed by atoms with Gasteiger partial charge in [0, 0.05) is 6.07 Å². The van der Waals surface area contributed by atoms with Gasteiger partial charge < -0.3 is 14.7 Å². The molecule has 0 saturated heterocycles. The van der Waals surface area contributed by atoms with Gasteiger partial charge in [0.15, 0.2) is 5.75 Å². The van der Waals surface area contributed by atoms with E-state index in [2.05, 4.69) is 0 Å². The highest BCUT2D eigenvalue weighted by atomic mass is 35.5. The number of methoxy groups -OCH3 is 1. The number of sulfonamides is 1. The topological polar surface area (TPSA) is 93.1 Å². The third kappa shape index (κ3) is 4.44. The Hall–Kier alpha value is -3.23. The number of aromatic carboxylic acids is 1. The zero-order valence-corrected chi connectivity index (χ0v) is 16.7. The number of anilines is 1. The predicted molar refractivity (Wildman–Crippen MR) is 108 cm³/mol. The summed E-state index contributed by atoms with van der Waals surface area (Å²) in [4.78, 5) is 16.6. The van der Waals surface area contributed by atoms with Gasteiger partial charge >= 0.3 is 5.97 Å². The molecule has 0 saturated carbocycles. The van der Waals surface area contributed by atoms with Crippen molar-refractivity contribution >= 4 is 33.3 Å². The molecule has 0 heterocycles. The van der Waals surface area contributed by atoms with Crippen LogP contribution in [0.25, 0.3) is 0 Å². The summed E-state index contributed by atoms with van der Waals surface area (Å²) in [5, 5.41) is 9.18. The summed E-state index contributed by atoms with van der Waals surface area (Å²) in [5.41, 5.74) is 0.205. The number of ether oxygens (including phenoxy) is 1. The second-order valence-electron chi connectivity index (χ2n) is 5.78. The molecule has 29 heavy (non-hydrogen) atoms. The van der Waals surface area contributed by atoms with Crippen LogP contribution in [0.15, 0.2) is 77.7 Å². The summed E-state index contributed by atoms with van der Waals surface area (Å²) >= 11 is 6.20. The molecular weight excluding hydrogens is 418 g/mol. The Morgan fingerprint density at radius 2 is 1.66 bits per heavy atom. The van der Waals surface area contributed by atoms with Crippen molar-refractivity contribution < 1.29 is 27.9 Å². The molecule has 7 nitrogen and oxygen atoms in total. The standard InChI is InChI=1S/C20H16ClNO6S/c1-27-16-9-12-19(18(21)13-16)28-22(15-5-3-2-4-6-15)29(25,26)17-10-7-14(8-11-17)20(23)24/h2-13H,1H3,(H,23,24). The number of carboxylic acids is 1. The van der Waals surface area contributed by atoms with Gasteiger partial charge in [0.1, 0.15) is 5.75 Å². The van der Waals surface area contributed by atoms with Crippen molar-refractivity contribution in [1.29, 1.82) is 0 Å². The molecule has 150 valence electrons. The Labute approximate surface area is 172 Å². The molecule has 0 unspecified atom stereocenters. The number of rotatable bonds is 7. The molecule has 0 fully saturated rings. The summed E-state index contributed by atoms with van der Waals surface area (Å²) < 4.78 is 32.3. The van der Waals surface area contributed by atoms with Crippen molar-refractivity contribution in [1.82, 2.24) is 0 Å². The first-order valence-electron chi connectivity index (χ1n) is 8.28. The van der Waals surface area contributed by atoms with E-state index in [1.54, 1.807) is 36.4 Å². The Morgan fingerprint density at radius 1 is 1.00 bits per heavy atom. The zero-order valence-electron chi connectivity index (χ0n) is 15.2. The number of carbonyl (C=O) groups is 1. The third-order valence-corrected chi connectivity index (χ3v) is 5.79. The van der Waals surface area contributed by atoms with Gasteiger partial charge in [-0.15, -0.1) is 0 Å². The van der Waals surface area contributed by atoms with Gasteiger partial charge in [0.2, 0.25) is 0 Å². The van der Waals surface area contributed by atoms with E-state index in [-0.39, 0.29) is 26.9 Å². The Bertz CT molecular complexity index is 1120. The largest absolute Gasteiger partial charge is 0.497 e. The summed E-state index contributed by atoms with van der Waals surface area (Å²) in [6.45, 7) is 0. The number of benzene rings is 3. The molecule has 0 radical (unpaired) electrons. The number of para-hydroxylation sites is 1. The highest BCUT2D eigenvalue weighted by Gasteiger charge is 2.28. The minimum absolute atomic E-state index is 0.0330. The van der Waals surface area contributed by atoms with E-state index in [1.807, 2.05) is 0 Å². The minimum Gasteiger partial charge on any atom is -0.497 e. The quantitative estimate of drug-likeness (QED) is 0.560. The lowest BCUT2D eigenvalue weighted by Gasteiger charge is -2.24. The lowest BCUT2D eigenvalue weighted by atomic mass is 10.2. The van der Waals surface area contributed by atoms with Crippen molar-refractivity contribution in [2.75, 3.05) is 11.6 Å². The van der Waals surface area contributed by atoms with E-state index in [4.69, 9.17) is 26.3 Å². The number of nitrogens with zero attached hydrogens (tertiary/aromatic N) is 1. The number of hydrogen-bond donors (Lipinski definition) is 1. The van der Waals surface area contributed by atoms with Crippen LogP contribution in [0, 0.1) is 0 Å². The lowest BCUT2D eigenvalue weighted by molar-refractivity contribution is 0.0696. The molecule has 0 aliphatic rings. The molecular formula is C20H16ClNO6S. The molecule has 0 aromatic heterocycles. The van der Waals surface area contributed by atoms with E-state index >= 15 is 0 Å². The summed E-state index contributed by atoms with van der Waals surface area (Å²) in [6.07, 6.45) is 0. The maximum atomic E-state index is 13.2. The predicted octanol–water partition coefficient (Wildman–Crippen LogP) is 4.24. The fraction of sp³-hybridized carbons (Fsp3) is 0.0500. The Balaban J connectivity index is 2.05.